The fourth-order valence-electron chi connectivity index (χ4n) is 3.06. The number of Topliss-reactive ketones (excluding diaryl/α,β-unsaturated/α-hetero) is 1. The molecule has 0 atom stereocenters. The number of hydrogen-bond donors (Lipinski definition) is 1. The van der Waals surface area contributed by atoms with Crippen LogP contribution in [0, 0.1) is 12.7 Å². The maximum absolute atomic E-state index is 14.7. The molecule has 1 heterocycles. The van der Waals surface area contributed by atoms with Crippen molar-refractivity contribution in [1.29, 1.82) is 0 Å². The van der Waals surface area contributed by atoms with Crippen molar-refractivity contribution in [3.8, 4) is 11.4 Å². The molecular formula is C22H21F3N4O5S. The lowest BCUT2D eigenvalue weighted by Gasteiger charge is -2.21. The molecule has 1 N–H and O–H groups in total. The van der Waals surface area contributed by atoms with Gasteiger partial charge in [-0.2, -0.15) is 18.1 Å². The number of alkyl halides is 2. The molecule has 0 unspecified atom stereocenters. The lowest BCUT2D eigenvalue weighted by Crippen LogP contribution is -2.34. The summed E-state index contributed by atoms with van der Waals surface area (Å²) in [6, 6.07) is 10.1. The van der Waals surface area contributed by atoms with Crippen molar-refractivity contribution < 1.29 is 35.7 Å². The molecule has 9 nitrogen and oxygen atoms in total. The average Bonchev–Trinajstić information content (AvgIpc) is 3.23. The fraction of sp³-hybridized carbons (Fsp3) is 0.273. The Hall–Kier alpha value is -3.58. The van der Waals surface area contributed by atoms with E-state index in [4.69, 9.17) is 4.52 Å². The van der Waals surface area contributed by atoms with E-state index in [-0.39, 0.29) is 24.2 Å². The first-order chi connectivity index (χ1) is 16.4. The maximum Gasteiger partial charge on any atom is 0.315 e. The monoisotopic (exact) mass is 510 g/mol. The van der Waals surface area contributed by atoms with Crippen molar-refractivity contribution in [2.75, 3.05) is 12.8 Å². The van der Waals surface area contributed by atoms with Gasteiger partial charge in [-0.15, -0.1) is 0 Å². The van der Waals surface area contributed by atoms with Gasteiger partial charge in [0.2, 0.25) is 21.7 Å². The van der Waals surface area contributed by atoms with Crippen LogP contribution in [0.3, 0.4) is 0 Å². The molecule has 0 saturated carbocycles. The normalized spacial score (nSPS) is 11.7. The van der Waals surface area contributed by atoms with Crippen molar-refractivity contribution in [2.24, 2.45) is 0 Å². The number of aromatic nitrogens is 2. The van der Waals surface area contributed by atoms with Gasteiger partial charge >= 0.3 is 6.43 Å². The summed E-state index contributed by atoms with van der Waals surface area (Å²) in [5, 5.41) is 5.56. The van der Waals surface area contributed by atoms with Crippen LogP contribution in [0.5, 0.6) is 0 Å². The molecule has 1 amide bonds. The van der Waals surface area contributed by atoms with Gasteiger partial charge in [0, 0.05) is 36.7 Å². The number of ketones is 1. The third-order valence-corrected chi connectivity index (χ3v) is 6.11. The standard InChI is InChI=1S/C22H21F3N4O5S/c1-13-27-21(28-34-13)15-5-3-14(4-6-15)11-29(35(2,32)33)12-17-8-7-16(9-18(17)23)19(30)10-26-22(31)20(24)25/h3-9,20H,10-12H2,1-2H3,(H,26,31). The number of nitrogens with zero attached hydrogens (tertiary/aromatic N) is 3. The maximum atomic E-state index is 14.7. The van der Waals surface area contributed by atoms with Crippen molar-refractivity contribution in [3.05, 3.63) is 70.9 Å². The molecular weight excluding hydrogens is 489 g/mol. The van der Waals surface area contributed by atoms with E-state index in [1.165, 1.54) is 12.1 Å². The Morgan fingerprint density at radius 2 is 1.80 bits per heavy atom. The van der Waals surface area contributed by atoms with E-state index in [2.05, 4.69) is 10.1 Å². The lowest BCUT2D eigenvalue weighted by atomic mass is 10.1. The van der Waals surface area contributed by atoms with Crippen molar-refractivity contribution >= 4 is 21.7 Å². The highest BCUT2D eigenvalue weighted by Crippen LogP contribution is 2.20. The summed E-state index contributed by atoms with van der Waals surface area (Å²) >= 11 is 0. The van der Waals surface area contributed by atoms with Crippen LogP contribution in [0.4, 0.5) is 13.2 Å². The molecule has 2 aromatic carbocycles. The molecule has 1 aromatic heterocycles. The number of amides is 1. The van der Waals surface area contributed by atoms with Gasteiger partial charge in [-0.3, -0.25) is 9.59 Å². The summed E-state index contributed by atoms with van der Waals surface area (Å²) in [5.74, 6) is -2.45. The summed E-state index contributed by atoms with van der Waals surface area (Å²) in [7, 11) is -3.75. The van der Waals surface area contributed by atoms with Crippen LogP contribution < -0.4 is 5.32 Å². The van der Waals surface area contributed by atoms with Crippen LogP contribution in [-0.2, 0) is 27.9 Å². The summed E-state index contributed by atoms with van der Waals surface area (Å²) in [6.07, 6.45) is -2.28. The summed E-state index contributed by atoms with van der Waals surface area (Å²) in [5.41, 5.74) is 1.15. The summed E-state index contributed by atoms with van der Waals surface area (Å²) in [4.78, 5) is 27.1. The van der Waals surface area contributed by atoms with Crippen LogP contribution in [-0.4, -0.2) is 53.8 Å². The van der Waals surface area contributed by atoms with Crippen LogP contribution in [0.25, 0.3) is 11.4 Å². The van der Waals surface area contributed by atoms with E-state index >= 15 is 0 Å². The van der Waals surface area contributed by atoms with Gasteiger partial charge in [0.25, 0.3) is 5.91 Å². The number of rotatable bonds is 10. The van der Waals surface area contributed by atoms with Crippen molar-refractivity contribution in [1.82, 2.24) is 19.8 Å². The Labute approximate surface area is 199 Å². The number of sulfonamides is 1. The first-order valence-electron chi connectivity index (χ1n) is 10.2. The molecule has 3 aromatic rings. The molecule has 186 valence electrons. The fourth-order valence-corrected chi connectivity index (χ4v) is 3.81. The Kier molecular flexibility index (Phi) is 8.02. The highest BCUT2D eigenvalue weighted by molar-refractivity contribution is 7.88. The first-order valence-corrected chi connectivity index (χ1v) is 12.0. The molecule has 35 heavy (non-hydrogen) atoms. The molecule has 0 fully saturated rings. The predicted molar refractivity (Wildman–Crippen MR) is 118 cm³/mol. The Morgan fingerprint density at radius 3 is 2.34 bits per heavy atom. The number of carbonyl (C=O) groups is 2. The van der Waals surface area contributed by atoms with Gasteiger partial charge in [0.15, 0.2) is 5.78 Å². The topological polar surface area (TPSA) is 122 Å². The van der Waals surface area contributed by atoms with Crippen LogP contribution >= 0.6 is 0 Å². The van der Waals surface area contributed by atoms with E-state index in [1.807, 2.05) is 0 Å². The average molecular weight is 510 g/mol. The van der Waals surface area contributed by atoms with Gasteiger partial charge in [-0.1, -0.05) is 41.6 Å². The molecule has 0 aliphatic heterocycles. The second-order valence-electron chi connectivity index (χ2n) is 7.61. The molecule has 0 aliphatic rings. The molecule has 0 spiro atoms. The van der Waals surface area contributed by atoms with E-state index in [0.29, 0.717) is 22.8 Å². The third kappa shape index (κ3) is 6.96. The van der Waals surface area contributed by atoms with Gasteiger partial charge < -0.3 is 9.84 Å². The van der Waals surface area contributed by atoms with Gasteiger partial charge in [0.05, 0.1) is 12.8 Å². The second kappa shape index (κ2) is 10.8. The minimum absolute atomic E-state index is 0.00230. The van der Waals surface area contributed by atoms with Crippen LogP contribution in [0.15, 0.2) is 47.0 Å². The first kappa shape index (κ1) is 26.0. The molecule has 13 heteroatoms. The largest absolute Gasteiger partial charge is 0.344 e. The van der Waals surface area contributed by atoms with Crippen molar-refractivity contribution in [3.63, 3.8) is 0 Å². The molecule has 0 aliphatic carbocycles. The third-order valence-electron chi connectivity index (χ3n) is 4.91. The smallest absolute Gasteiger partial charge is 0.315 e. The van der Waals surface area contributed by atoms with E-state index in [9.17, 15) is 31.2 Å². The second-order valence-corrected chi connectivity index (χ2v) is 9.60. The van der Waals surface area contributed by atoms with E-state index in [0.717, 1.165) is 16.6 Å². The number of aryl methyl sites for hydroxylation is 1. The quantitative estimate of drug-likeness (QED) is 0.416. The number of carbonyl (C=O) groups excluding carboxylic acids is 2. The zero-order chi connectivity index (χ0) is 25.8. The Bertz CT molecular complexity index is 1330. The predicted octanol–water partition coefficient (Wildman–Crippen LogP) is 2.71. The van der Waals surface area contributed by atoms with Gasteiger partial charge in [-0.25, -0.2) is 12.8 Å². The SMILES string of the molecule is Cc1nc(-c2ccc(CN(Cc3ccc(C(=O)CNC(=O)C(F)F)cc3F)S(C)(=O)=O)cc2)no1. The van der Waals surface area contributed by atoms with Crippen LogP contribution in [0.2, 0.25) is 0 Å². The number of nitrogens with one attached hydrogen (secondary N) is 1. The lowest BCUT2D eigenvalue weighted by molar-refractivity contribution is -0.131. The molecule has 0 bridgehead atoms. The van der Waals surface area contributed by atoms with Gasteiger partial charge in [0.1, 0.15) is 5.82 Å². The number of hydrogen-bond acceptors (Lipinski definition) is 7. The van der Waals surface area contributed by atoms with E-state index in [1.54, 1.807) is 36.5 Å². The van der Waals surface area contributed by atoms with Crippen LogP contribution in [0.1, 0.15) is 27.4 Å². The van der Waals surface area contributed by atoms with E-state index < -0.39 is 40.5 Å². The minimum atomic E-state index is -3.75. The number of halogens is 3. The molecule has 3 rings (SSSR count). The Balaban J connectivity index is 1.72. The zero-order valence-corrected chi connectivity index (χ0v) is 19.5. The number of benzene rings is 2. The van der Waals surface area contributed by atoms with Gasteiger partial charge in [-0.05, 0) is 11.6 Å². The molecule has 0 saturated heterocycles. The highest BCUT2D eigenvalue weighted by atomic mass is 32.2. The molecule has 0 radical (unpaired) electrons. The zero-order valence-electron chi connectivity index (χ0n) is 18.7. The summed E-state index contributed by atoms with van der Waals surface area (Å²) < 4.78 is 69.8. The van der Waals surface area contributed by atoms with Crippen molar-refractivity contribution in [2.45, 2.75) is 26.4 Å². The minimum Gasteiger partial charge on any atom is -0.344 e. The Morgan fingerprint density at radius 1 is 1.11 bits per heavy atom. The summed E-state index contributed by atoms with van der Waals surface area (Å²) in [6.45, 7) is 0.565. The highest BCUT2D eigenvalue weighted by Gasteiger charge is 2.21.